The highest BCUT2D eigenvalue weighted by molar-refractivity contribution is 8.01. The Balaban J connectivity index is 1.42. The van der Waals surface area contributed by atoms with E-state index in [1.54, 1.807) is 4.90 Å². The summed E-state index contributed by atoms with van der Waals surface area (Å²) in [7, 11) is 0. The van der Waals surface area contributed by atoms with Crippen molar-refractivity contribution in [3.63, 3.8) is 0 Å². The predicted octanol–water partition coefficient (Wildman–Crippen LogP) is 2.98. The van der Waals surface area contributed by atoms with Crippen LogP contribution >= 0.6 is 11.8 Å². The largest absolute Gasteiger partial charge is 0.340 e. The lowest BCUT2D eigenvalue weighted by molar-refractivity contribution is -0.136. The first-order chi connectivity index (χ1) is 13.6. The van der Waals surface area contributed by atoms with E-state index in [9.17, 15) is 14.4 Å². The summed E-state index contributed by atoms with van der Waals surface area (Å²) in [6, 6.07) is 16.7. The molecule has 0 aliphatic carbocycles. The Bertz CT molecular complexity index is 903. The number of hydrogen-bond acceptors (Lipinski definition) is 4. The number of anilines is 2. The molecule has 0 aromatic heterocycles. The highest BCUT2D eigenvalue weighted by Crippen LogP contribution is 2.36. The van der Waals surface area contributed by atoms with E-state index in [1.165, 1.54) is 11.8 Å². The Morgan fingerprint density at radius 1 is 1.07 bits per heavy atom. The van der Waals surface area contributed by atoms with Crippen LogP contribution in [0.3, 0.4) is 0 Å². The molecule has 28 heavy (non-hydrogen) atoms. The molecule has 0 bridgehead atoms. The van der Waals surface area contributed by atoms with Crippen LogP contribution < -0.4 is 10.6 Å². The van der Waals surface area contributed by atoms with Gasteiger partial charge in [0.25, 0.3) is 0 Å². The number of hydrogen-bond donors (Lipinski definition) is 2. The second-order valence-corrected chi connectivity index (χ2v) is 8.11. The number of carbonyl (C=O) groups excluding carboxylic acids is 3. The molecule has 2 N–H and O–H groups in total. The molecule has 2 atom stereocenters. The van der Waals surface area contributed by atoms with Crippen LogP contribution in [0.1, 0.15) is 12.8 Å². The van der Waals surface area contributed by atoms with Crippen LogP contribution in [0.2, 0.25) is 0 Å². The van der Waals surface area contributed by atoms with E-state index < -0.39 is 5.25 Å². The molecule has 0 spiro atoms. The third-order valence-electron chi connectivity index (χ3n) is 5.00. The number of likely N-dealkylation sites (tertiary alicyclic amines) is 1. The summed E-state index contributed by atoms with van der Waals surface area (Å²) >= 11 is 1.28. The molecule has 0 radical (unpaired) electrons. The first-order valence-corrected chi connectivity index (χ1v) is 10.2. The lowest BCUT2D eigenvalue weighted by atomic mass is 9.96. The highest BCUT2D eigenvalue weighted by atomic mass is 32.2. The van der Waals surface area contributed by atoms with E-state index in [-0.39, 0.29) is 23.6 Å². The van der Waals surface area contributed by atoms with Gasteiger partial charge in [-0.2, -0.15) is 0 Å². The molecular weight excluding hydrogens is 374 g/mol. The van der Waals surface area contributed by atoms with Crippen molar-refractivity contribution in [2.24, 2.45) is 5.92 Å². The first-order valence-electron chi connectivity index (χ1n) is 9.33. The Kier molecular flexibility index (Phi) is 5.34. The van der Waals surface area contributed by atoms with Crippen LogP contribution in [0.15, 0.2) is 59.5 Å². The van der Waals surface area contributed by atoms with Gasteiger partial charge < -0.3 is 15.5 Å². The number of carbonyl (C=O) groups is 3. The van der Waals surface area contributed by atoms with E-state index in [0.717, 1.165) is 29.1 Å². The van der Waals surface area contributed by atoms with E-state index in [2.05, 4.69) is 10.6 Å². The second kappa shape index (κ2) is 8.06. The zero-order chi connectivity index (χ0) is 19.5. The molecule has 2 aliphatic heterocycles. The van der Waals surface area contributed by atoms with Gasteiger partial charge in [0.05, 0.1) is 11.6 Å². The van der Waals surface area contributed by atoms with Crippen molar-refractivity contribution < 1.29 is 14.4 Å². The number of para-hydroxylation sites is 2. The Hall–Kier alpha value is -2.80. The third kappa shape index (κ3) is 3.89. The smallest absolute Gasteiger partial charge is 0.247 e. The van der Waals surface area contributed by atoms with Gasteiger partial charge in [-0.3, -0.25) is 14.4 Å². The fraction of sp³-hybridized carbons (Fsp3) is 0.286. The second-order valence-electron chi connectivity index (χ2n) is 6.96. The summed E-state index contributed by atoms with van der Waals surface area (Å²) in [6.45, 7) is 0.906. The first kappa shape index (κ1) is 18.6. The van der Waals surface area contributed by atoms with E-state index in [0.29, 0.717) is 13.1 Å². The molecule has 1 saturated heterocycles. The summed E-state index contributed by atoms with van der Waals surface area (Å²) in [5.74, 6) is -0.893. The van der Waals surface area contributed by atoms with Gasteiger partial charge in [0.1, 0.15) is 0 Å². The Morgan fingerprint density at radius 2 is 1.82 bits per heavy atom. The van der Waals surface area contributed by atoms with Crippen molar-refractivity contribution in [1.82, 2.24) is 4.90 Å². The molecule has 3 amide bonds. The van der Waals surface area contributed by atoms with Crippen molar-refractivity contribution in [2.45, 2.75) is 23.0 Å². The van der Waals surface area contributed by atoms with Crippen molar-refractivity contribution in [3.8, 4) is 0 Å². The number of nitrogens with zero attached hydrogens (tertiary/aromatic N) is 1. The van der Waals surface area contributed by atoms with Crippen LogP contribution in [-0.4, -0.2) is 41.0 Å². The van der Waals surface area contributed by atoms with Gasteiger partial charge in [0, 0.05) is 23.7 Å². The molecule has 2 heterocycles. The fourth-order valence-corrected chi connectivity index (χ4v) is 4.61. The topological polar surface area (TPSA) is 78.5 Å². The van der Waals surface area contributed by atoms with Crippen LogP contribution in [0, 0.1) is 5.92 Å². The monoisotopic (exact) mass is 395 g/mol. The van der Waals surface area contributed by atoms with E-state index >= 15 is 0 Å². The molecule has 2 aromatic rings. The van der Waals surface area contributed by atoms with Gasteiger partial charge in [0.2, 0.25) is 17.7 Å². The minimum Gasteiger partial charge on any atom is -0.340 e. The average Bonchev–Trinajstić information content (AvgIpc) is 2.73. The summed E-state index contributed by atoms with van der Waals surface area (Å²) in [5.41, 5.74) is 1.48. The lowest BCUT2D eigenvalue weighted by Gasteiger charge is -2.35. The minimum absolute atomic E-state index is 0.0882. The molecular formula is C21H21N3O3S. The van der Waals surface area contributed by atoms with Crippen molar-refractivity contribution >= 4 is 40.9 Å². The average molecular weight is 395 g/mol. The number of thioether (sulfide) groups is 1. The SMILES string of the molecule is O=C(Nc1ccccc1)[C@@H]1CCCN(C(=O)[C@@H]2Sc3ccccc3NC2=O)C1. The van der Waals surface area contributed by atoms with Crippen molar-refractivity contribution in [1.29, 1.82) is 0 Å². The van der Waals surface area contributed by atoms with E-state index in [4.69, 9.17) is 0 Å². The zero-order valence-corrected chi connectivity index (χ0v) is 16.1. The third-order valence-corrected chi connectivity index (χ3v) is 6.26. The van der Waals surface area contributed by atoms with Crippen molar-refractivity contribution in [3.05, 3.63) is 54.6 Å². The number of fused-ring (bicyclic) bond motifs is 1. The zero-order valence-electron chi connectivity index (χ0n) is 15.3. The van der Waals surface area contributed by atoms with Crippen LogP contribution in [0.4, 0.5) is 11.4 Å². The molecule has 2 aromatic carbocycles. The van der Waals surface area contributed by atoms with Gasteiger partial charge >= 0.3 is 0 Å². The maximum Gasteiger partial charge on any atom is 0.247 e. The number of piperidine rings is 1. The Labute approximate surface area is 167 Å². The van der Waals surface area contributed by atoms with Gasteiger partial charge in [-0.05, 0) is 37.1 Å². The van der Waals surface area contributed by atoms with Crippen LogP contribution in [-0.2, 0) is 14.4 Å². The maximum absolute atomic E-state index is 13.0. The molecule has 6 nitrogen and oxygen atoms in total. The molecule has 1 fully saturated rings. The number of rotatable bonds is 3. The van der Waals surface area contributed by atoms with E-state index in [1.807, 2.05) is 54.6 Å². The van der Waals surface area contributed by atoms with Gasteiger partial charge in [-0.25, -0.2) is 0 Å². The summed E-state index contributed by atoms with van der Waals surface area (Å²) < 4.78 is 0. The lowest BCUT2D eigenvalue weighted by Crippen LogP contribution is -2.50. The molecule has 4 rings (SSSR count). The standard InChI is InChI=1S/C21H21N3O3S/c25-19(22-15-8-2-1-3-9-15)14-7-6-12-24(13-14)21(27)18-20(26)23-16-10-4-5-11-17(16)28-18/h1-5,8-11,14,18H,6-7,12-13H2,(H,22,25)(H,23,26)/t14-,18-/m1/s1. The van der Waals surface area contributed by atoms with Gasteiger partial charge in [-0.15, -0.1) is 11.8 Å². The van der Waals surface area contributed by atoms with Gasteiger partial charge in [0.15, 0.2) is 5.25 Å². The molecule has 7 heteroatoms. The molecule has 0 saturated carbocycles. The van der Waals surface area contributed by atoms with Crippen LogP contribution in [0.5, 0.6) is 0 Å². The normalized spacial score (nSPS) is 21.4. The summed E-state index contributed by atoms with van der Waals surface area (Å²) in [5, 5.41) is 4.91. The summed E-state index contributed by atoms with van der Waals surface area (Å²) in [4.78, 5) is 40.6. The maximum atomic E-state index is 13.0. The Morgan fingerprint density at radius 3 is 2.64 bits per heavy atom. The number of benzene rings is 2. The highest BCUT2D eigenvalue weighted by Gasteiger charge is 2.38. The van der Waals surface area contributed by atoms with Crippen LogP contribution in [0.25, 0.3) is 0 Å². The van der Waals surface area contributed by atoms with Gasteiger partial charge in [-0.1, -0.05) is 30.3 Å². The van der Waals surface area contributed by atoms with Crippen molar-refractivity contribution in [2.75, 3.05) is 23.7 Å². The predicted molar refractivity (Wildman–Crippen MR) is 109 cm³/mol. The number of nitrogens with one attached hydrogen (secondary N) is 2. The molecule has 144 valence electrons. The number of amides is 3. The molecule has 0 unspecified atom stereocenters. The quantitative estimate of drug-likeness (QED) is 0.783. The fourth-order valence-electron chi connectivity index (χ4n) is 3.54. The summed E-state index contributed by atoms with van der Waals surface area (Å²) in [6.07, 6.45) is 1.48. The minimum atomic E-state index is -0.814. The molecule has 2 aliphatic rings.